The van der Waals surface area contributed by atoms with Gasteiger partial charge in [-0.2, -0.15) is 0 Å². The molecule has 0 saturated heterocycles. The van der Waals surface area contributed by atoms with E-state index in [2.05, 4.69) is 6.92 Å². The molecule has 11 heavy (non-hydrogen) atoms. The molecule has 2 N–H and O–H groups in total. The Morgan fingerprint density at radius 1 is 1.27 bits per heavy atom. The van der Waals surface area contributed by atoms with Crippen molar-refractivity contribution in [1.29, 1.82) is 0 Å². The molecular weight excluding hydrogens is 144 g/mol. The highest BCUT2D eigenvalue weighted by Gasteiger charge is 2.08. The van der Waals surface area contributed by atoms with Crippen LogP contribution in [0.25, 0.3) is 0 Å². The van der Waals surface area contributed by atoms with Gasteiger partial charge < -0.3 is 10.2 Å². The summed E-state index contributed by atoms with van der Waals surface area (Å²) >= 11 is 0. The van der Waals surface area contributed by atoms with Crippen LogP contribution in [0.15, 0.2) is 0 Å². The van der Waals surface area contributed by atoms with E-state index in [-0.39, 0.29) is 6.42 Å². The van der Waals surface area contributed by atoms with E-state index in [4.69, 9.17) is 10.2 Å². The van der Waals surface area contributed by atoms with Crippen molar-refractivity contribution in [3.8, 4) is 0 Å². The molecular formula is C8H16O3. The van der Waals surface area contributed by atoms with Crippen molar-refractivity contribution >= 4 is 5.78 Å². The number of aliphatic hydroxyl groups is 2. The molecule has 0 aliphatic rings. The third-order valence-corrected chi connectivity index (χ3v) is 1.56. The number of carbonyl (C=O) groups is 1. The van der Waals surface area contributed by atoms with Gasteiger partial charge in [0.1, 0.15) is 0 Å². The average Bonchev–Trinajstić information content (AvgIpc) is 1.97. The standard InChI is InChI=1S/C8H16O3/c1-2-3-4-5-6-7(9)8(10)11/h8,10-11H,2-6H2,1H3. The van der Waals surface area contributed by atoms with Crippen LogP contribution in [0.3, 0.4) is 0 Å². The van der Waals surface area contributed by atoms with Crippen LogP contribution in [0, 0.1) is 0 Å². The van der Waals surface area contributed by atoms with Crippen molar-refractivity contribution in [2.24, 2.45) is 0 Å². The molecule has 0 rings (SSSR count). The Kier molecular flexibility index (Phi) is 6.07. The molecule has 0 spiro atoms. The molecule has 66 valence electrons. The molecule has 0 atom stereocenters. The molecule has 0 aliphatic heterocycles. The Labute approximate surface area is 67.0 Å². The summed E-state index contributed by atoms with van der Waals surface area (Å²) in [5, 5.41) is 16.8. The van der Waals surface area contributed by atoms with Gasteiger partial charge in [0.25, 0.3) is 0 Å². The van der Waals surface area contributed by atoms with E-state index in [0.29, 0.717) is 0 Å². The van der Waals surface area contributed by atoms with Gasteiger partial charge in [0.2, 0.25) is 6.29 Å². The van der Waals surface area contributed by atoms with Crippen molar-refractivity contribution in [2.45, 2.75) is 45.3 Å². The van der Waals surface area contributed by atoms with Crippen LogP contribution in [0.2, 0.25) is 0 Å². The third-order valence-electron chi connectivity index (χ3n) is 1.56. The lowest BCUT2D eigenvalue weighted by Crippen LogP contribution is -2.18. The minimum atomic E-state index is -1.77. The maximum Gasteiger partial charge on any atom is 0.212 e. The van der Waals surface area contributed by atoms with Gasteiger partial charge in [-0.15, -0.1) is 0 Å². The van der Waals surface area contributed by atoms with Crippen LogP contribution in [-0.4, -0.2) is 22.3 Å². The second-order valence-corrected chi connectivity index (χ2v) is 2.65. The molecule has 0 heterocycles. The Morgan fingerprint density at radius 2 is 1.91 bits per heavy atom. The summed E-state index contributed by atoms with van der Waals surface area (Å²) in [6, 6.07) is 0. The van der Waals surface area contributed by atoms with Crippen molar-refractivity contribution in [3.63, 3.8) is 0 Å². The lowest BCUT2D eigenvalue weighted by Gasteiger charge is -2.01. The summed E-state index contributed by atoms with van der Waals surface area (Å²) in [4.78, 5) is 10.6. The highest BCUT2D eigenvalue weighted by molar-refractivity contribution is 5.81. The number of aliphatic hydroxyl groups excluding tert-OH is 1. The number of ketones is 1. The zero-order chi connectivity index (χ0) is 8.69. The quantitative estimate of drug-likeness (QED) is 0.447. The molecule has 3 heteroatoms. The van der Waals surface area contributed by atoms with Crippen LogP contribution in [0.1, 0.15) is 39.0 Å². The Bertz CT molecular complexity index is 110. The zero-order valence-electron chi connectivity index (χ0n) is 6.92. The number of unbranched alkanes of at least 4 members (excludes halogenated alkanes) is 3. The fourth-order valence-electron chi connectivity index (χ4n) is 0.855. The molecule has 0 aromatic carbocycles. The summed E-state index contributed by atoms with van der Waals surface area (Å²) in [6.07, 6.45) is 2.51. The molecule has 0 aromatic heterocycles. The van der Waals surface area contributed by atoms with E-state index in [9.17, 15) is 4.79 Å². The first kappa shape index (κ1) is 10.6. The van der Waals surface area contributed by atoms with E-state index in [1.54, 1.807) is 0 Å². The summed E-state index contributed by atoms with van der Waals surface area (Å²) in [5.41, 5.74) is 0. The van der Waals surface area contributed by atoms with Crippen LogP contribution in [0.4, 0.5) is 0 Å². The normalized spacial score (nSPS) is 10.5. The molecule has 0 radical (unpaired) electrons. The highest BCUT2D eigenvalue weighted by Crippen LogP contribution is 2.03. The minimum absolute atomic E-state index is 0.289. The minimum Gasteiger partial charge on any atom is -0.362 e. The zero-order valence-corrected chi connectivity index (χ0v) is 6.92. The van der Waals surface area contributed by atoms with Gasteiger partial charge in [-0.05, 0) is 6.42 Å². The summed E-state index contributed by atoms with van der Waals surface area (Å²) < 4.78 is 0. The van der Waals surface area contributed by atoms with Gasteiger partial charge >= 0.3 is 0 Å². The molecule has 3 nitrogen and oxygen atoms in total. The number of carbonyl (C=O) groups excluding carboxylic acids is 1. The first-order chi connectivity index (χ1) is 5.18. The number of hydrogen-bond donors (Lipinski definition) is 2. The predicted molar refractivity (Wildman–Crippen MR) is 42.0 cm³/mol. The SMILES string of the molecule is CCCCCCC(=O)C(O)O. The molecule has 0 aliphatic carbocycles. The van der Waals surface area contributed by atoms with Gasteiger partial charge in [0.05, 0.1) is 0 Å². The van der Waals surface area contributed by atoms with Crippen molar-refractivity contribution in [1.82, 2.24) is 0 Å². The molecule has 0 aromatic rings. The lowest BCUT2D eigenvalue weighted by atomic mass is 10.1. The van der Waals surface area contributed by atoms with Crippen LogP contribution >= 0.6 is 0 Å². The summed E-state index contributed by atoms with van der Waals surface area (Å²) in [7, 11) is 0. The highest BCUT2D eigenvalue weighted by atomic mass is 16.5. The fraction of sp³-hybridized carbons (Fsp3) is 0.875. The fourth-order valence-corrected chi connectivity index (χ4v) is 0.855. The largest absolute Gasteiger partial charge is 0.362 e. The van der Waals surface area contributed by atoms with Gasteiger partial charge in [-0.3, -0.25) is 4.79 Å². The van der Waals surface area contributed by atoms with Crippen LogP contribution in [-0.2, 0) is 4.79 Å². The third kappa shape index (κ3) is 6.01. The topological polar surface area (TPSA) is 57.5 Å². The Balaban J connectivity index is 3.18. The Morgan fingerprint density at radius 3 is 2.36 bits per heavy atom. The summed E-state index contributed by atoms with van der Waals surface area (Å²) in [6.45, 7) is 2.09. The first-order valence-corrected chi connectivity index (χ1v) is 4.07. The smallest absolute Gasteiger partial charge is 0.212 e. The molecule has 0 amide bonds. The van der Waals surface area contributed by atoms with Gasteiger partial charge in [-0.1, -0.05) is 26.2 Å². The van der Waals surface area contributed by atoms with Crippen molar-refractivity contribution in [3.05, 3.63) is 0 Å². The van der Waals surface area contributed by atoms with Gasteiger partial charge in [-0.25, -0.2) is 0 Å². The number of rotatable bonds is 6. The molecule has 0 saturated carbocycles. The maximum absolute atomic E-state index is 10.6. The lowest BCUT2D eigenvalue weighted by molar-refractivity contribution is -0.145. The predicted octanol–water partition coefficient (Wildman–Crippen LogP) is 0.837. The molecule has 0 fully saturated rings. The second kappa shape index (κ2) is 6.31. The molecule has 0 unspecified atom stereocenters. The van der Waals surface area contributed by atoms with Crippen molar-refractivity contribution < 1.29 is 15.0 Å². The van der Waals surface area contributed by atoms with Gasteiger partial charge in [0.15, 0.2) is 5.78 Å². The van der Waals surface area contributed by atoms with E-state index < -0.39 is 12.1 Å². The Hall–Kier alpha value is -0.410. The van der Waals surface area contributed by atoms with E-state index in [1.165, 1.54) is 0 Å². The first-order valence-electron chi connectivity index (χ1n) is 4.07. The van der Waals surface area contributed by atoms with E-state index in [0.717, 1.165) is 25.7 Å². The van der Waals surface area contributed by atoms with Crippen LogP contribution < -0.4 is 0 Å². The maximum atomic E-state index is 10.6. The monoisotopic (exact) mass is 160 g/mol. The van der Waals surface area contributed by atoms with Crippen LogP contribution in [0.5, 0.6) is 0 Å². The number of hydrogen-bond acceptors (Lipinski definition) is 3. The van der Waals surface area contributed by atoms with Crippen molar-refractivity contribution in [2.75, 3.05) is 0 Å². The summed E-state index contributed by atoms with van der Waals surface area (Å²) in [5.74, 6) is -0.471. The van der Waals surface area contributed by atoms with E-state index >= 15 is 0 Å². The number of Topliss-reactive ketones (excluding diaryl/α,β-unsaturated/α-hetero) is 1. The second-order valence-electron chi connectivity index (χ2n) is 2.65. The van der Waals surface area contributed by atoms with E-state index in [1.807, 2.05) is 0 Å². The average molecular weight is 160 g/mol. The molecule has 0 bridgehead atoms. The van der Waals surface area contributed by atoms with Gasteiger partial charge in [0, 0.05) is 6.42 Å².